The number of carbonyl (C=O) groups is 2. The third kappa shape index (κ3) is 4.88. The number of thiophene rings is 1. The molecule has 2 aromatic heterocycles. The first-order chi connectivity index (χ1) is 15.5. The number of anilines is 1. The summed E-state index contributed by atoms with van der Waals surface area (Å²) in [5.41, 5.74) is 2.93. The number of nitrogens with one attached hydrogen (secondary N) is 1. The minimum Gasteiger partial charge on any atom is -0.351 e. The van der Waals surface area contributed by atoms with E-state index in [9.17, 15) is 9.59 Å². The highest BCUT2D eigenvalue weighted by molar-refractivity contribution is 7.10. The summed E-state index contributed by atoms with van der Waals surface area (Å²) >= 11 is 1.50. The first kappa shape index (κ1) is 22.1. The summed E-state index contributed by atoms with van der Waals surface area (Å²) in [5.74, 6) is -0.501. The third-order valence-corrected chi connectivity index (χ3v) is 6.99. The summed E-state index contributed by atoms with van der Waals surface area (Å²) in [7, 11) is 0. The Labute approximate surface area is 192 Å². The summed E-state index contributed by atoms with van der Waals surface area (Å²) in [6, 6.07) is 9.01. The highest BCUT2D eigenvalue weighted by Crippen LogP contribution is 2.34. The first-order valence-electron chi connectivity index (χ1n) is 11.0. The van der Waals surface area contributed by atoms with E-state index in [0.29, 0.717) is 5.69 Å². The van der Waals surface area contributed by atoms with Crippen LogP contribution in [-0.4, -0.2) is 27.8 Å². The van der Waals surface area contributed by atoms with Gasteiger partial charge in [0.25, 0.3) is 5.91 Å². The molecular formula is C25H28N4O2S. The van der Waals surface area contributed by atoms with Crippen LogP contribution in [0.2, 0.25) is 0 Å². The van der Waals surface area contributed by atoms with Crippen molar-refractivity contribution in [2.75, 3.05) is 4.90 Å². The molecule has 0 bridgehead atoms. The Morgan fingerprint density at radius 3 is 2.44 bits per heavy atom. The lowest BCUT2D eigenvalue weighted by atomic mass is 9.95. The summed E-state index contributed by atoms with van der Waals surface area (Å²) in [5, 5.41) is 5.20. The van der Waals surface area contributed by atoms with E-state index < -0.39 is 6.04 Å². The number of benzene rings is 1. The monoisotopic (exact) mass is 448 g/mol. The van der Waals surface area contributed by atoms with Gasteiger partial charge in [-0.05, 0) is 55.8 Å². The van der Waals surface area contributed by atoms with Crippen molar-refractivity contribution in [1.29, 1.82) is 0 Å². The van der Waals surface area contributed by atoms with Crippen molar-refractivity contribution in [1.82, 2.24) is 15.3 Å². The van der Waals surface area contributed by atoms with E-state index in [2.05, 4.69) is 15.3 Å². The molecule has 4 rings (SSSR count). The van der Waals surface area contributed by atoms with Gasteiger partial charge >= 0.3 is 0 Å². The summed E-state index contributed by atoms with van der Waals surface area (Å²) < 4.78 is 0. The molecule has 1 atom stereocenters. The number of hydrogen-bond donors (Lipinski definition) is 1. The van der Waals surface area contributed by atoms with Crippen molar-refractivity contribution in [3.05, 3.63) is 76.0 Å². The van der Waals surface area contributed by atoms with E-state index in [-0.39, 0.29) is 23.6 Å². The van der Waals surface area contributed by atoms with E-state index in [0.717, 1.165) is 41.7 Å². The van der Waals surface area contributed by atoms with Crippen molar-refractivity contribution in [3.63, 3.8) is 0 Å². The van der Waals surface area contributed by atoms with Gasteiger partial charge in [0, 0.05) is 29.0 Å². The predicted octanol–water partition coefficient (Wildman–Crippen LogP) is 4.99. The second kappa shape index (κ2) is 10.0. The minimum atomic E-state index is -0.783. The van der Waals surface area contributed by atoms with Crippen molar-refractivity contribution < 1.29 is 9.59 Å². The minimum absolute atomic E-state index is 0.144. The molecule has 166 valence electrons. The zero-order valence-electron chi connectivity index (χ0n) is 18.5. The Morgan fingerprint density at radius 2 is 1.81 bits per heavy atom. The Bertz CT molecular complexity index is 1060. The molecule has 2 amide bonds. The van der Waals surface area contributed by atoms with Gasteiger partial charge in [0.05, 0.1) is 6.20 Å². The summed E-state index contributed by atoms with van der Waals surface area (Å²) in [6.07, 6.45) is 9.87. The molecule has 7 heteroatoms. The van der Waals surface area contributed by atoms with Gasteiger partial charge in [-0.3, -0.25) is 19.5 Å². The average molecular weight is 449 g/mol. The van der Waals surface area contributed by atoms with E-state index in [1.807, 2.05) is 49.6 Å². The van der Waals surface area contributed by atoms with Crippen LogP contribution in [0.3, 0.4) is 0 Å². The maximum atomic E-state index is 13.7. The Balaban J connectivity index is 1.78. The predicted molar refractivity (Wildman–Crippen MR) is 127 cm³/mol. The number of nitrogens with zero attached hydrogens (tertiary/aromatic N) is 3. The smallest absolute Gasteiger partial charge is 0.279 e. The lowest BCUT2D eigenvalue weighted by Gasteiger charge is -2.33. The maximum absolute atomic E-state index is 13.7. The van der Waals surface area contributed by atoms with Crippen LogP contribution in [-0.2, 0) is 4.79 Å². The van der Waals surface area contributed by atoms with Gasteiger partial charge in [0.1, 0.15) is 5.69 Å². The Kier molecular flexibility index (Phi) is 6.95. The molecule has 32 heavy (non-hydrogen) atoms. The first-order valence-corrected chi connectivity index (χ1v) is 11.9. The van der Waals surface area contributed by atoms with Crippen LogP contribution in [0.1, 0.15) is 64.6 Å². The van der Waals surface area contributed by atoms with Crippen LogP contribution in [0.5, 0.6) is 0 Å². The summed E-state index contributed by atoms with van der Waals surface area (Å²) in [6.45, 7) is 3.97. The standard InChI is InChI=1S/C25H28N4O2S/c1-17-8-10-20(11-9-17)29(25(31)21-16-26-13-14-27-21)22(23-18(2)12-15-32-23)24(30)28-19-6-4-3-5-7-19/h8-16,19,22H,3-7H2,1-2H3,(H,28,30). The highest BCUT2D eigenvalue weighted by atomic mass is 32.1. The van der Waals surface area contributed by atoms with Crippen LogP contribution in [0, 0.1) is 13.8 Å². The van der Waals surface area contributed by atoms with Gasteiger partial charge in [-0.15, -0.1) is 11.3 Å². The van der Waals surface area contributed by atoms with Gasteiger partial charge in [0.2, 0.25) is 5.91 Å². The molecule has 1 aromatic carbocycles. The number of amides is 2. The fourth-order valence-electron chi connectivity index (χ4n) is 4.17. The molecular weight excluding hydrogens is 420 g/mol. The zero-order chi connectivity index (χ0) is 22.5. The van der Waals surface area contributed by atoms with Gasteiger partial charge in [0.15, 0.2) is 6.04 Å². The quantitative estimate of drug-likeness (QED) is 0.576. The van der Waals surface area contributed by atoms with E-state index in [4.69, 9.17) is 0 Å². The molecule has 0 spiro atoms. The van der Waals surface area contributed by atoms with Crippen LogP contribution in [0.4, 0.5) is 5.69 Å². The fourth-order valence-corrected chi connectivity index (χ4v) is 5.18. The Hall–Kier alpha value is -3.06. The van der Waals surface area contributed by atoms with Crippen molar-refractivity contribution >= 4 is 28.8 Å². The number of hydrogen-bond acceptors (Lipinski definition) is 5. The second-order valence-electron chi connectivity index (χ2n) is 8.32. The lowest BCUT2D eigenvalue weighted by Crippen LogP contribution is -2.47. The molecule has 1 aliphatic rings. The van der Waals surface area contributed by atoms with Crippen LogP contribution in [0.25, 0.3) is 0 Å². The molecule has 1 saturated carbocycles. The molecule has 1 aliphatic carbocycles. The largest absolute Gasteiger partial charge is 0.351 e. The van der Waals surface area contributed by atoms with Crippen LogP contribution < -0.4 is 10.2 Å². The third-order valence-electron chi connectivity index (χ3n) is 5.92. The molecule has 0 saturated heterocycles. The molecule has 1 fully saturated rings. The van der Waals surface area contributed by atoms with Crippen LogP contribution in [0.15, 0.2) is 54.3 Å². The zero-order valence-corrected chi connectivity index (χ0v) is 19.3. The van der Waals surface area contributed by atoms with E-state index in [1.165, 1.54) is 36.3 Å². The molecule has 3 aromatic rings. The molecule has 0 aliphatic heterocycles. The SMILES string of the molecule is Cc1ccc(N(C(=O)c2cnccn2)C(C(=O)NC2CCCCC2)c2sccc2C)cc1. The van der Waals surface area contributed by atoms with Crippen LogP contribution >= 0.6 is 11.3 Å². The van der Waals surface area contributed by atoms with E-state index in [1.54, 1.807) is 4.90 Å². The second-order valence-corrected chi connectivity index (χ2v) is 9.26. The van der Waals surface area contributed by atoms with Crippen molar-refractivity contribution in [2.45, 2.75) is 58.0 Å². The summed E-state index contributed by atoms with van der Waals surface area (Å²) in [4.78, 5) is 38.2. The van der Waals surface area contributed by atoms with E-state index >= 15 is 0 Å². The maximum Gasteiger partial charge on any atom is 0.279 e. The Morgan fingerprint density at radius 1 is 1.06 bits per heavy atom. The molecule has 1 unspecified atom stereocenters. The fraction of sp³-hybridized carbons (Fsp3) is 0.360. The molecule has 1 N–H and O–H groups in total. The van der Waals surface area contributed by atoms with Gasteiger partial charge in [-0.1, -0.05) is 37.0 Å². The number of rotatable bonds is 6. The average Bonchev–Trinajstić information content (AvgIpc) is 3.24. The number of aryl methyl sites for hydroxylation is 2. The number of carbonyl (C=O) groups excluding carboxylic acids is 2. The topological polar surface area (TPSA) is 75.2 Å². The molecule has 0 radical (unpaired) electrons. The lowest BCUT2D eigenvalue weighted by molar-refractivity contribution is -0.123. The normalized spacial score (nSPS) is 15.2. The van der Waals surface area contributed by atoms with Crippen molar-refractivity contribution in [2.24, 2.45) is 0 Å². The van der Waals surface area contributed by atoms with Gasteiger partial charge in [-0.25, -0.2) is 4.98 Å². The highest BCUT2D eigenvalue weighted by Gasteiger charge is 2.36. The molecule has 2 heterocycles. The van der Waals surface area contributed by atoms with Gasteiger partial charge in [-0.2, -0.15) is 0 Å². The van der Waals surface area contributed by atoms with Crippen molar-refractivity contribution in [3.8, 4) is 0 Å². The van der Waals surface area contributed by atoms with Gasteiger partial charge < -0.3 is 5.32 Å². The molecule has 6 nitrogen and oxygen atoms in total. The number of aromatic nitrogens is 2.